The summed E-state index contributed by atoms with van der Waals surface area (Å²) >= 11 is 1.22. The Morgan fingerprint density at radius 1 is 0.896 bits per heavy atom. The molecule has 1 saturated heterocycles. The average Bonchev–Trinajstić information content (AvgIpc) is 3.59. The summed E-state index contributed by atoms with van der Waals surface area (Å²) in [5.74, 6) is -3.52. The summed E-state index contributed by atoms with van der Waals surface area (Å²) in [7, 11) is -3.55. The van der Waals surface area contributed by atoms with Gasteiger partial charge in [-0.3, -0.25) is 52.7 Å². The van der Waals surface area contributed by atoms with Crippen LogP contribution in [-0.4, -0.2) is 127 Å². The number of hydrogen-bond donors (Lipinski definition) is 5. The summed E-state index contributed by atoms with van der Waals surface area (Å²) in [6, 6.07) is 16.6. The lowest BCUT2D eigenvalue weighted by Gasteiger charge is -2.27. The van der Waals surface area contributed by atoms with Gasteiger partial charge in [0.1, 0.15) is 6.04 Å². The number of benzene rings is 2. The number of ether oxygens (including phenoxy) is 2. The van der Waals surface area contributed by atoms with Crippen molar-refractivity contribution in [2.24, 2.45) is 0 Å². The Bertz CT molecular complexity index is 2890. The zero-order chi connectivity index (χ0) is 47.3. The zero-order valence-corrected chi connectivity index (χ0v) is 37.7. The largest absolute Gasteiger partial charge is 0.382 e. The molecule has 3 aromatic heterocycles. The van der Waals surface area contributed by atoms with Crippen LogP contribution in [0.3, 0.4) is 0 Å². The number of pyridine rings is 1. The lowest BCUT2D eigenvalue weighted by Crippen LogP contribution is -2.54. The van der Waals surface area contributed by atoms with Gasteiger partial charge in [-0.1, -0.05) is 24.3 Å². The quantitative estimate of drug-likeness (QED) is 0.0555. The molecule has 0 radical (unpaired) electrons. The van der Waals surface area contributed by atoms with E-state index >= 15 is 0 Å². The van der Waals surface area contributed by atoms with Gasteiger partial charge in [-0.05, 0) is 66.8 Å². The van der Waals surface area contributed by atoms with Crippen molar-refractivity contribution in [1.82, 2.24) is 34.8 Å². The molecule has 0 spiro atoms. The molecule has 2 aromatic carbocycles. The van der Waals surface area contributed by atoms with E-state index in [4.69, 9.17) is 9.47 Å². The molecule has 67 heavy (non-hydrogen) atoms. The summed E-state index contributed by atoms with van der Waals surface area (Å²) in [4.78, 5) is 98.8. The Morgan fingerprint density at radius 3 is 2.39 bits per heavy atom. The molecule has 0 bridgehead atoms. The van der Waals surface area contributed by atoms with E-state index in [9.17, 15) is 42.0 Å². The van der Waals surface area contributed by atoms with Crippen molar-refractivity contribution in [2.75, 3.05) is 63.0 Å². The minimum Gasteiger partial charge on any atom is -0.382 e. The number of hydrogen-bond acceptors (Lipinski definition) is 15. The van der Waals surface area contributed by atoms with Crippen LogP contribution < -0.4 is 26.6 Å². The molecule has 3 aliphatic rings. The number of thiazole rings is 1. The van der Waals surface area contributed by atoms with Crippen molar-refractivity contribution < 1.29 is 51.5 Å². The number of fused-ring (bicyclic) bond motifs is 1. The minimum atomic E-state index is -3.55. The fourth-order valence-corrected chi connectivity index (χ4v) is 9.03. The van der Waals surface area contributed by atoms with Crippen LogP contribution in [0.4, 0.5) is 10.8 Å². The van der Waals surface area contributed by atoms with E-state index in [0.29, 0.717) is 48.1 Å². The fraction of sp³-hybridized carbons (Fsp3) is 0.311. The van der Waals surface area contributed by atoms with Crippen LogP contribution in [0.25, 0.3) is 22.4 Å². The van der Waals surface area contributed by atoms with Gasteiger partial charge < -0.3 is 30.7 Å². The fourth-order valence-electron chi connectivity index (χ4n) is 7.71. The maximum atomic E-state index is 13.4. The molecule has 8 rings (SSSR count). The van der Waals surface area contributed by atoms with Gasteiger partial charge in [0.2, 0.25) is 33.7 Å². The highest BCUT2D eigenvalue weighted by molar-refractivity contribution is 7.89. The lowest BCUT2D eigenvalue weighted by molar-refractivity contribution is -0.136. The van der Waals surface area contributed by atoms with Crippen molar-refractivity contribution in [3.05, 3.63) is 107 Å². The molecule has 5 heterocycles. The number of aromatic nitrogens is 3. The summed E-state index contributed by atoms with van der Waals surface area (Å²) < 4.78 is 35.6. The van der Waals surface area contributed by atoms with E-state index in [1.54, 1.807) is 23.7 Å². The normalized spacial score (nSPS) is 16.3. The molecule has 5 N–H and O–H groups in total. The molecule has 1 aliphatic carbocycles. The Morgan fingerprint density at radius 2 is 1.64 bits per heavy atom. The van der Waals surface area contributed by atoms with E-state index in [1.807, 2.05) is 36.4 Å². The number of anilines is 2. The smallest absolute Gasteiger partial charge is 0.264 e. The molecule has 2 aliphatic heterocycles. The summed E-state index contributed by atoms with van der Waals surface area (Å²) in [6.07, 6.45) is 6.53. The highest BCUT2D eigenvalue weighted by Gasteiger charge is 2.52. The molecule has 348 valence electrons. The number of carbonyl (C=O) groups excluding carboxylic acids is 7. The first-order valence-corrected chi connectivity index (χ1v) is 24.0. The van der Waals surface area contributed by atoms with Gasteiger partial charge in [0, 0.05) is 54.7 Å². The van der Waals surface area contributed by atoms with Crippen molar-refractivity contribution in [3.63, 3.8) is 0 Å². The van der Waals surface area contributed by atoms with Gasteiger partial charge in [0.05, 0.1) is 72.7 Å². The molecular formula is C45H45N9O11S2. The van der Waals surface area contributed by atoms with Crippen LogP contribution in [-0.2, 0) is 44.1 Å². The van der Waals surface area contributed by atoms with E-state index < -0.39 is 56.9 Å². The SMILES string of the molecule is CS(=O)(=O)n1ccc(C(=O)NCC(=O)Nc2nc(-c3cccc(-c4ccnc(C5(C(=O)NCCOCCOCCNc6cccc7c6C(=O)N(C6CCC(=O)NC6=O)C7=O)CC5)c4)c3)cs2)c1. The van der Waals surface area contributed by atoms with Gasteiger partial charge >= 0.3 is 0 Å². The molecule has 1 atom stereocenters. The molecule has 2 fully saturated rings. The van der Waals surface area contributed by atoms with Crippen molar-refractivity contribution in [2.45, 2.75) is 37.1 Å². The maximum absolute atomic E-state index is 13.4. The maximum Gasteiger partial charge on any atom is 0.264 e. The summed E-state index contributed by atoms with van der Waals surface area (Å²) in [5, 5.41) is 15.6. The topological polar surface area (TPSA) is 266 Å². The van der Waals surface area contributed by atoms with Crippen molar-refractivity contribution >= 4 is 73.5 Å². The van der Waals surface area contributed by atoms with Crippen molar-refractivity contribution in [3.8, 4) is 22.4 Å². The van der Waals surface area contributed by atoms with Crippen LogP contribution in [0.1, 0.15) is 62.5 Å². The predicted molar refractivity (Wildman–Crippen MR) is 244 cm³/mol. The number of rotatable bonds is 20. The first kappa shape index (κ1) is 46.4. The second-order valence-electron chi connectivity index (χ2n) is 15.9. The minimum absolute atomic E-state index is 0.0377. The summed E-state index contributed by atoms with van der Waals surface area (Å²) in [5.41, 5.74) is 3.97. The van der Waals surface area contributed by atoms with E-state index in [-0.39, 0.29) is 68.4 Å². The van der Waals surface area contributed by atoms with Gasteiger partial charge in [-0.25, -0.2) is 13.4 Å². The Kier molecular flexibility index (Phi) is 13.7. The van der Waals surface area contributed by atoms with Crippen LogP contribution in [0.15, 0.2) is 84.6 Å². The Balaban J connectivity index is 0.748. The number of amides is 7. The first-order chi connectivity index (χ1) is 32.2. The number of nitrogens with one attached hydrogen (secondary N) is 5. The lowest BCUT2D eigenvalue weighted by atomic mass is 9.96. The average molecular weight is 952 g/mol. The number of carbonyl (C=O) groups is 7. The van der Waals surface area contributed by atoms with Gasteiger partial charge in [0.25, 0.3) is 17.7 Å². The molecule has 22 heteroatoms. The van der Waals surface area contributed by atoms with Crippen LogP contribution in [0, 0.1) is 0 Å². The first-order valence-electron chi connectivity index (χ1n) is 21.2. The van der Waals surface area contributed by atoms with Gasteiger partial charge in [-0.15, -0.1) is 11.3 Å². The number of imide groups is 2. The standard InChI is InChI=1S/C45H45N9O11S2/c1-67(62,63)53-17-11-30(25-53)39(57)49-24-37(56)52-44-50-33(26-66-44)29-5-2-4-27(22-29)28-10-14-47-35(23-28)45(12-13-45)43(61)48-16-19-65-21-20-64-18-15-46-32-7-3-6-31-38(32)42(60)54(41(31)59)34-8-9-36(55)51-40(34)58/h2-7,10-11,14,17,22-23,25-26,34,46H,8-9,12-13,15-16,18-21,24H2,1H3,(H,48,61)(H,49,57)(H,50,52,56)(H,51,55,58). The number of piperidine rings is 1. The van der Waals surface area contributed by atoms with E-state index in [0.717, 1.165) is 31.8 Å². The second kappa shape index (κ2) is 19.8. The van der Waals surface area contributed by atoms with Crippen LogP contribution >= 0.6 is 11.3 Å². The van der Waals surface area contributed by atoms with Gasteiger partial charge in [0.15, 0.2) is 5.13 Å². The molecular weight excluding hydrogens is 907 g/mol. The highest BCUT2D eigenvalue weighted by Crippen LogP contribution is 2.48. The third kappa shape index (κ3) is 10.5. The molecule has 1 unspecified atom stereocenters. The number of nitrogens with zero attached hydrogens (tertiary/aromatic N) is 4. The van der Waals surface area contributed by atoms with Crippen LogP contribution in [0.2, 0.25) is 0 Å². The third-order valence-corrected chi connectivity index (χ3v) is 13.1. The van der Waals surface area contributed by atoms with E-state index in [2.05, 4.69) is 36.6 Å². The zero-order valence-electron chi connectivity index (χ0n) is 36.0. The molecule has 20 nitrogen and oxygen atoms in total. The summed E-state index contributed by atoms with van der Waals surface area (Å²) in [6.45, 7) is 1.36. The highest BCUT2D eigenvalue weighted by atomic mass is 32.2. The Labute approximate surface area is 387 Å². The molecule has 7 amide bonds. The van der Waals surface area contributed by atoms with Crippen LogP contribution in [0.5, 0.6) is 0 Å². The third-order valence-electron chi connectivity index (χ3n) is 11.3. The molecule has 5 aromatic rings. The van der Waals surface area contributed by atoms with Crippen molar-refractivity contribution in [1.29, 1.82) is 0 Å². The second-order valence-corrected chi connectivity index (χ2v) is 18.7. The van der Waals surface area contributed by atoms with Gasteiger partial charge in [-0.2, -0.15) is 0 Å². The predicted octanol–water partition coefficient (Wildman–Crippen LogP) is 2.54. The molecule has 1 saturated carbocycles. The Hall–Kier alpha value is -7.14. The monoisotopic (exact) mass is 951 g/mol. The van der Waals surface area contributed by atoms with E-state index in [1.165, 1.54) is 35.9 Å².